The van der Waals surface area contributed by atoms with E-state index in [0.29, 0.717) is 24.8 Å². The molecule has 1 aromatic carbocycles. The van der Waals surface area contributed by atoms with Gasteiger partial charge in [0.1, 0.15) is 16.5 Å². The van der Waals surface area contributed by atoms with Gasteiger partial charge in [0.25, 0.3) is 5.91 Å². The molecule has 4 nitrogen and oxygen atoms in total. The minimum absolute atomic E-state index is 0.132. The van der Waals surface area contributed by atoms with Crippen LogP contribution in [0.15, 0.2) is 29.6 Å². The molecule has 0 aliphatic heterocycles. The van der Waals surface area contributed by atoms with Crippen molar-refractivity contribution >= 4 is 17.2 Å². The van der Waals surface area contributed by atoms with Crippen molar-refractivity contribution in [1.29, 1.82) is 0 Å². The maximum Gasteiger partial charge on any atom is 0.270 e. The SMILES string of the molecule is CCNC(=O)c1csc(-c2cccc(OCC(C)C)c2)n1. The lowest BCUT2D eigenvalue weighted by molar-refractivity contribution is 0.0951. The number of ether oxygens (including phenoxy) is 1. The predicted octanol–water partition coefficient (Wildman–Crippen LogP) is 3.59. The summed E-state index contributed by atoms with van der Waals surface area (Å²) in [7, 11) is 0. The molecule has 1 aromatic heterocycles. The molecule has 1 N–H and O–H groups in total. The first-order valence-corrected chi connectivity index (χ1v) is 7.95. The zero-order valence-corrected chi connectivity index (χ0v) is 13.4. The maximum atomic E-state index is 11.7. The second kappa shape index (κ2) is 7.22. The van der Waals surface area contributed by atoms with Gasteiger partial charge in [-0.15, -0.1) is 11.3 Å². The second-order valence-electron chi connectivity index (χ2n) is 5.13. The summed E-state index contributed by atoms with van der Waals surface area (Å²) in [6, 6.07) is 7.81. The zero-order valence-electron chi connectivity index (χ0n) is 12.6. The van der Waals surface area contributed by atoms with Crippen molar-refractivity contribution in [2.24, 2.45) is 5.92 Å². The highest BCUT2D eigenvalue weighted by Crippen LogP contribution is 2.27. The molecule has 0 unspecified atom stereocenters. The number of carbonyl (C=O) groups is 1. The lowest BCUT2D eigenvalue weighted by Gasteiger charge is -2.09. The molecule has 0 aliphatic carbocycles. The van der Waals surface area contributed by atoms with Crippen LogP contribution in [0.2, 0.25) is 0 Å². The van der Waals surface area contributed by atoms with Crippen LogP contribution in [0.3, 0.4) is 0 Å². The Morgan fingerprint density at radius 2 is 2.24 bits per heavy atom. The van der Waals surface area contributed by atoms with Crippen LogP contribution in [0.5, 0.6) is 5.75 Å². The molecule has 0 spiro atoms. The fourth-order valence-corrected chi connectivity index (χ4v) is 2.54. The van der Waals surface area contributed by atoms with Gasteiger partial charge in [-0.3, -0.25) is 4.79 Å². The molecule has 2 aromatic rings. The van der Waals surface area contributed by atoms with Gasteiger partial charge < -0.3 is 10.1 Å². The van der Waals surface area contributed by atoms with Crippen LogP contribution in [0.25, 0.3) is 10.6 Å². The molecular formula is C16H20N2O2S. The number of hydrogen-bond donors (Lipinski definition) is 1. The number of nitrogens with zero attached hydrogens (tertiary/aromatic N) is 1. The van der Waals surface area contributed by atoms with Crippen molar-refractivity contribution in [1.82, 2.24) is 10.3 Å². The number of benzene rings is 1. The van der Waals surface area contributed by atoms with Crippen LogP contribution >= 0.6 is 11.3 Å². The lowest BCUT2D eigenvalue weighted by atomic mass is 10.2. The van der Waals surface area contributed by atoms with Crippen LogP contribution in [0.1, 0.15) is 31.3 Å². The number of amides is 1. The van der Waals surface area contributed by atoms with Crippen molar-refractivity contribution in [2.75, 3.05) is 13.2 Å². The van der Waals surface area contributed by atoms with Crippen LogP contribution in [0.4, 0.5) is 0 Å². The average molecular weight is 304 g/mol. The molecule has 1 heterocycles. The summed E-state index contributed by atoms with van der Waals surface area (Å²) in [5, 5.41) is 5.36. The Labute approximate surface area is 129 Å². The van der Waals surface area contributed by atoms with Crippen molar-refractivity contribution in [2.45, 2.75) is 20.8 Å². The summed E-state index contributed by atoms with van der Waals surface area (Å²) < 4.78 is 5.72. The van der Waals surface area contributed by atoms with E-state index in [1.54, 1.807) is 5.38 Å². The third-order valence-electron chi connectivity index (χ3n) is 2.74. The normalized spacial score (nSPS) is 10.7. The Balaban J connectivity index is 2.14. The molecule has 21 heavy (non-hydrogen) atoms. The van der Waals surface area contributed by atoms with E-state index < -0.39 is 0 Å². The second-order valence-corrected chi connectivity index (χ2v) is 5.99. The van der Waals surface area contributed by atoms with Gasteiger partial charge in [-0.2, -0.15) is 0 Å². The molecular weight excluding hydrogens is 284 g/mol. The standard InChI is InChI=1S/C16H20N2O2S/c1-4-17-15(19)14-10-21-16(18-14)12-6-5-7-13(8-12)20-9-11(2)3/h5-8,10-11H,4,9H2,1-3H3,(H,17,19). The summed E-state index contributed by atoms with van der Waals surface area (Å²) in [6.07, 6.45) is 0. The average Bonchev–Trinajstić information content (AvgIpc) is 2.95. The molecule has 2 rings (SSSR count). The van der Waals surface area contributed by atoms with E-state index in [-0.39, 0.29) is 5.91 Å². The topological polar surface area (TPSA) is 51.2 Å². The largest absolute Gasteiger partial charge is 0.493 e. The molecule has 112 valence electrons. The van der Waals surface area contributed by atoms with E-state index >= 15 is 0 Å². The first-order valence-electron chi connectivity index (χ1n) is 7.07. The van der Waals surface area contributed by atoms with Gasteiger partial charge in [0, 0.05) is 17.5 Å². The highest BCUT2D eigenvalue weighted by Gasteiger charge is 2.11. The highest BCUT2D eigenvalue weighted by atomic mass is 32.1. The number of nitrogens with one attached hydrogen (secondary N) is 1. The Kier molecular flexibility index (Phi) is 5.33. The van der Waals surface area contributed by atoms with Crippen molar-refractivity contribution in [3.8, 4) is 16.3 Å². The molecule has 0 saturated heterocycles. The molecule has 1 amide bonds. The van der Waals surface area contributed by atoms with E-state index in [9.17, 15) is 4.79 Å². The molecule has 0 saturated carbocycles. The Morgan fingerprint density at radius 1 is 1.43 bits per heavy atom. The zero-order chi connectivity index (χ0) is 15.2. The van der Waals surface area contributed by atoms with E-state index in [2.05, 4.69) is 24.1 Å². The summed E-state index contributed by atoms with van der Waals surface area (Å²) in [4.78, 5) is 16.1. The fourth-order valence-electron chi connectivity index (χ4n) is 1.74. The Bertz CT molecular complexity index is 608. The van der Waals surface area contributed by atoms with Gasteiger partial charge in [-0.05, 0) is 25.0 Å². The van der Waals surface area contributed by atoms with Crippen LogP contribution in [-0.2, 0) is 0 Å². The Hall–Kier alpha value is -1.88. The summed E-state index contributed by atoms with van der Waals surface area (Å²) in [5.74, 6) is 1.18. The number of hydrogen-bond acceptors (Lipinski definition) is 4. The van der Waals surface area contributed by atoms with Crippen LogP contribution in [-0.4, -0.2) is 24.0 Å². The minimum Gasteiger partial charge on any atom is -0.493 e. The first kappa shape index (κ1) is 15.5. The molecule has 0 atom stereocenters. The van der Waals surface area contributed by atoms with E-state index in [0.717, 1.165) is 16.3 Å². The van der Waals surface area contributed by atoms with Gasteiger partial charge >= 0.3 is 0 Å². The van der Waals surface area contributed by atoms with Gasteiger partial charge in [-0.25, -0.2) is 4.98 Å². The third-order valence-corrected chi connectivity index (χ3v) is 3.63. The van der Waals surface area contributed by atoms with Crippen molar-refractivity contribution < 1.29 is 9.53 Å². The monoisotopic (exact) mass is 304 g/mol. The van der Waals surface area contributed by atoms with E-state index in [4.69, 9.17) is 4.74 Å². The quantitative estimate of drug-likeness (QED) is 0.887. The van der Waals surface area contributed by atoms with Gasteiger partial charge in [0.15, 0.2) is 0 Å². The first-order chi connectivity index (χ1) is 10.1. The fraction of sp³-hybridized carbons (Fsp3) is 0.375. The summed E-state index contributed by atoms with van der Waals surface area (Å²) >= 11 is 1.46. The molecule has 0 aliphatic rings. The predicted molar refractivity (Wildman–Crippen MR) is 85.9 cm³/mol. The smallest absolute Gasteiger partial charge is 0.270 e. The number of carbonyl (C=O) groups excluding carboxylic acids is 1. The van der Waals surface area contributed by atoms with Crippen LogP contribution in [0, 0.1) is 5.92 Å². The maximum absolute atomic E-state index is 11.7. The summed E-state index contributed by atoms with van der Waals surface area (Å²) in [6.45, 7) is 7.41. The number of thiazole rings is 1. The summed E-state index contributed by atoms with van der Waals surface area (Å²) in [5.41, 5.74) is 1.43. The highest BCUT2D eigenvalue weighted by molar-refractivity contribution is 7.13. The molecule has 0 bridgehead atoms. The Morgan fingerprint density at radius 3 is 2.95 bits per heavy atom. The molecule has 5 heteroatoms. The van der Waals surface area contributed by atoms with Crippen molar-refractivity contribution in [3.63, 3.8) is 0 Å². The van der Waals surface area contributed by atoms with Crippen LogP contribution < -0.4 is 10.1 Å². The van der Waals surface area contributed by atoms with E-state index in [1.807, 2.05) is 31.2 Å². The molecule has 0 fully saturated rings. The number of rotatable bonds is 6. The van der Waals surface area contributed by atoms with Gasteiger partial charge in [0.05, 0.1) is 6.61 Å². The van der Waals surface area contributed by atoms with Gasteiger partial charge in [-0.1, -0.05) is 26.0 Å². The third kappa shape index (κ3) is 4.29. The number of aromatic nitrogens is 1. The van der Waals surface area contributed by atoms with E-state index in [1.165, 1.54) is 11.3 Å². The van der Waals surface area contributed by atoms with Gasteiger partial charge in [0.2, 0.25) is 0 Å². The van der Waals surface area contributed by atoms with Crippen molar-refractivity contribution in [3.05, 3.63) is 35.3 Å². The lowest BCUT2D eigenvalue weighted by Crippen LogP contribution is -2.22. The minimum atomic E-state index is -0.132. The molecule has 0 radical (unpaired) electrons.